The minimum Gasteiger partial charge on any atom is -0.468 e. The Bertz CT molecular complexity index is 614. The minimum absolute atomic E-state index is 0. The van der Waals surface area contributed by atoms with Crippen molar-refractivity contribution in [3.8, 4) is 5.88 Å². The van der Waals surface area contributed by atoms with Crippen molar-refractivity contribution in [3.05, 3.63) is 23.9 Å². The van der Waals surface area contributed by atoms with E-state index < -0.39 is 12.8 Å². The smallest absolute Gasteiger partial charge is 0.422 e. The van der Waals surface area contributed by atoms with E-state index in [-0.39, 0.29) is 42.5 Å². The molecular weight excluding hydrogens is 504 g/mol. The summed E-state index contributed by atoms with van der Waals surface area (Å²) in [7, 11) is 1.62. The molecule has 0 amide bonds. The summed E-state index contributed by atoms with van der Waals surface area (Å²) in [6.07, 6.45) is 0.135. The number of nitrogens with one attached hydrogen (secondary N) is 2. The second-order valence-corrected chi connectivity index (χ2v) is 6.29. The molecule has 0 spiro atoms. The van der Waals surface area contributed by atoms with Crippen LogP contribution in [0.25, 0.3) is 0 Å². The van der Waals surface area contributed by atoms with Gasteiger partial charge in [-0.3, -0.25) is 4.99 Å². The van der Waals surface area contributed by atoms with Crippen molar-refractivity contribution in [2.45, 2.75) is 38.1 Å². The predicted octanol–water partition coefficient (Wildman–Crippen LogP) is 2.89. The maximum atomic E-state index is 12.3. The van der Waals surface area contributed by atoms with Gasteiger partial charge in [-0.25, -0.2) is 4.98 Å². The first-order valence-corrected chi connectivity index (χ1v) is 9.25. The molecule has 29 heavy (non-hydrogen) atoms. The maximum absolute atomic E-state index is 12.3. The number of guanidine groups is 1. The van der Waals surface area contributed by atoms with Gasteiger partial charge in [0, 0.05) is 45.1 Å². The molecule has 1 aliphatic rings. The van der Waals surface area contributed by atoms with Crippen molar-refractivity contribution in [1.29, 1.82) is 0 Å². The van der Waals surface area contributed by atoms with E-state index >= 15 is 0 Å². The van der Waals surface area contributed by atoms with Crippen molar-refractivity contribution in [1.82, 2.24) is 15.6 Å². The summed E-state index contributed by atoms with van der Waals surface area (Å²) < 4.78 is 52.9. The lowest BCUT2D eigenvalue weighted by Crippen LogP contribution is -2.37. The number of aliphatic imine (C=N–C) groups is 1. The van der Waals surface area contributed by atoms with E-state index in [0.29, 0.717) is 31.3 Å². The van der Waals surface area contributed by atoms with Crippen molar-refractivity contribution >= 4 is 29.9 Å². The first kappa shape index (κ1) is 25.7. The molecule has 2 rings (SSSR count). The number of hydrogen-bond donors (Lipinski definition) is 2. The van der Waals surface area contributed by atoms with Crippen LogP contribution < -0.4 is 15.4 Å². The van der Waals surface area contributed by atoms with E-state index in [4.69, 9.17) is 14.2 Å². The Morgan fingerprint density at radius 1 is 1.38 bits per heavy atom. The SMILES string of the molecule is CN=C(NCCCOCC1CCCO1)NCc1cccnc1OCC(F)(F)F.I. The molecule has 166 valence electrons. The summed E-state index contributed by atoms with van der Waals surface area (Å²) >= 11 is 0. The van der Waals surface area contributed by atoms with Crippen LogP contribution in [0.1, 0.15) is 24.8 Å². The van der Waals surface area contributed by atoms with E-state index in [9.17, 15) is 13.2 Å². The van der Waals surface area contributed by atoms with Gasteiger partial charge in [-0.05, 0) is 25.3 Å². The van der Waals surface area contributed by atoms with Gasteiger partial charge in [0.15, 0.2) is 12.6 Å². The van der Waals surface area contributed by atoms with Crippen molar-refractivity contribution in [3.63, 3.8) is 0 Å². The van der Waals surface area contributed by atoms with Gasteiger partial charge in [-0.15, -0.1) is 24.0 Å². The number of halogens is 4. The monoisotopic (exact) mass is 532 g/mol. The zero-order valence-corrected chi connectivity index (χ0v) is 18.7. The lowest BCUT2D eigenvalue weighted by molar-refractivity contribution is -0.154. The zero-order valence-electron chi connectivity index (χ0n) is 16.3. The summed E-state index contributed by atoms with van der Waals surface area (Å²) in [5.41, 5.74) is 0.509. The van der Waals surface area contributed by atoms with Gasteiger partial charge < -0.3 is 24.8 Å². The van der Waals surface area contributed by atoms with Gasteiger partial charge in [-0.1, -0.05) is 6.07 Å². The Morgan fingerprint density at radius 2 is 2.21 bits per heavy atom. The third kappa shape index (κ3) is 10.8. The first-order chi connectivity index (χ1) is 13.5. The fourth-order valence-corrected chi connectivity index (χ4v) is 2.61. The Balaban J connectivity index is 0.00000420. The van der Waals surface area contributed by atoms with E-state index in [2.05, 4.69) is 20.6 Å². The molecule has 0 bridgehead atoms. The minimum atomic E-state index is -4.41. The number of hydrogen-bond acceptors (Lipinski definition) is 5. The topological polar surface area (TPSA) is 77.0 Å². The highest BCUT2D eigenvalue weighted by molar-refractivity contribution is 14.0. The molecule has 1 aliphatic heterocycles. The molecule has 1 aromatic heterocycles. The molecule has 1 unspecified atom stereocenters. The molecule has 1 saturated heterocycles. The number of nitrogens with zero attached hydrogens (tertiary/aromatic N) is 2. The van der Waals surface area contributed by atoms with Crippen molar-refractivity contribution in [2.75, 3.05) is 40.0 Å². The normalized spacial score (nSPS) is 17.0. The van der Waals surface area contributed by atoms with Crippen LogP contribution in [0.3, 0.4) is 0 Å². The summed E-state index contributed by atoms with van der Waals surface area (Å²) in [6.45, 7) is 1.55. The average Bonchev–Trinajstić information content (AvgIpc) is 3.18. The molecule has 11 heteroatoms. The predicted molar refractivity (Wildman–Crippen MR) is 114 cm³/mol. The summed E-state index contributed by atoms with van der Waals surface area (Å²) in [5.74, 6) is 0.482. The molecule has 0 aromatic carbocycles. The van der Waals surface area contributed by atoms with Crippen LogP contribution in [0.5, 0.6) is 5.88 Å². The Kier molecular flexibility index (Phi) is 12.2. The Hall–Kier alpha value is -1.34. The molecule has 0 saturated carbocycles. The molecule has 0 radical (unpaired) electrons. The summed E-state index contributed by atoms with van der Waals surface area (Å²) in [4.78, 5) is 7.96. The van der Waals surface area contributed by atoms with Gasteiger partial charge in [0.2, 0.25) is 5.88 Å². The second kappa shape index (κ2) is 13.8. The highest BCUT2D eigenvalue weighted by Gasteiger charge is 2.29. The van der Waals surface area contributed by atoms with E-state index in [1.165, 1.54) is 6.20 Å². The quantitative estimate of drug-likeness (QED) is 0.209. The van der Waals surface area contributed by atoms with Crippen LogP contribution >= 0.6 is 24.0 Å². The van der Waals surface area contributed by atoms with Gasteiger partial charge in [0.1, 0.15) is 0 Å². The van der Waals surface area contributed by atoms with E-state index in [0.717, 1.165) is 25.9 Å². The molecule has 1 fully saturated rings. The fraction of sp³-hybridized carbons (Fsp3) is 0.667. The molecule has 0 aliphatic carbocycles. The van der Waals surface area contributed by atoms with Crippen molar-refractivity contribution in [2.24, 2.45) is 4.99 Å². The summed E-state index contributed by atoms with van der Waals surface area (Å²) in [5, 5.41) is 6.17. The van der Waals surface area contributed by atoms with Crippen LogP contribution in [0, 0.1) is 0 Å². The molecule has 2 N–H and O–H groups in total. The van der Waals surface area contributed by atoms with Crippen LogP contribution in [0.15, 0.2) is 23.3 Å². The third-order valence-electron chi connectivity index (χ3n) is 3.98. The standard InChI is InChI=1S/C18H27F3N4O3.HI/c1-22-17(24-8-4-9-26-12-15-6-3-10-27-15)25-11-14-5-2-7-23-16(14)28-13-18(19,20)21;/h2,5,7,15H,3-4,6,8-13H2,1H3,(H2,22,24,25);1H. The van der Waals surface area contributed by atoms with Crippen LogP contribution in [-0.2, 0) is 16.0 Å². The molecule has 1 atom stereocenters. The number of pyridine rings is 1. The molecule has 1 aromatic rings. The fourth-order valence-electron chi connectivity index (χ4n) is 2.61. The number of rotatable bonds is 10. The maximum Gasteiger partial charge on any atom is 0.422 e. The van der Waals surface area contributed by atoms with Crippen molar-refractivity contribution < 1.29 is 27.4 Å². The van der Waals surface area contributed by atoms with Crippen LogP contribution in [-0.4, -0.2) is 63.2 Å². The first-order valence-electron chi connectivity index (χ1n) is 9.25. The van der Waals surface area contributed by atoms with Gasteiger partial charge in [0.05, 0.1) is 12.7 Å². The van der Waals surface area contributed by atoms with Crippen LogP contribution in [0.4, 0.5) is 13.2 Å². The Morgan fingerprint density at radius 3 is 2.90 bits per heavy atom. The average molecular weight is 532 g/mol. The lowest BCUT2D eigenvalue weighted by atomic mass is 10.2. The molecule has 2 heterocycles. The zero-order chi connectivity index (χ0) is 20.2. The van der Waals surface area contributed by atoms with Gasteiger partial charge >= 0.3 is 6.18 Å². The number of ether oxygens (including phenoxy) is 3. The van der Waals surface area contributed by atoms with E-state index in [1.807, 2.05) is 0 Å². The van der Waals surface area contributed by atoms with E-state index in [1.54, 1.807) is 19.2 Å². The van der Waals surface area contributed by atoms with Gasteiger partial charge in [0.25, 0.3) is 0 Å². The third-order valence-corrected chi connectivity index (χ3v) is 3.98. The van der Waals surface area contributed by atoms with Gasteiger partial charge in [-0.2, -0.15) is 13.2 Å². The largest absolute Gasteiger partial charge is 0.468 e. The highest BCUT2D eigenvalue weighted by atomic mass is 127. The second-order valence-electron chi connectivity index (χ2n) is 6.29. The lowest BCUT2D eigenvalue weighted by Gasteiger charge is -2.15. The van der Waals surface area contributed by atoms with Crippen LogP contribution in [0.2, 0.25) is 0 Å². The summed E-state index contributed by atoms with van der Waals surface area (Å²) in [6, 6.07) is 3.29. The number of aromatic nitrogens is 1. The highest BCUT2D eigenvalue weighted by Crippen LogP contribution is 2.19. The number of alkyl halides is 3. The molecule has 7 nitrogen and oxygen atoms in total. The Labute approximate surface area is 185 Å². The molecular formula is C18H28F3IN4O3.